The topological polar surface area (TPSA) is 26.3 Å². The van der Waals surface area contributed by atoms with Gasteiger partial charge < -0.3 is 4.74 Å². The first kappa shape index (κ1) is 14.1. The van der Waals surface area contributed by atoms with Gasteiger partial charge in [0.2, 0.25) is 0 Å². The molecule has 0 amide bonds. The summed E-state index contributed by atoms with van der Waals surface area (Å²) in [6, 6.07) is 7.93. The fraction of sp³-hybridized carbons (Fsp3) is 0.133. The smallest absolute Gasteiger partial charge is 0.166 e. The Morgan fingerprint density at radius 2 is 1.50 bits per heavy atom. The molecular formula is C15H11F3O2. The Morgan fingerprint density at radius 1 is 0.900 bits per heavy atom. The molecule has 0 atom stereocenters. The fourth-order valence-corrected chi connectivity index (χ4v) is 1.65. The summed E-state index contributed by atoms with van der Waals surface area (Å²) in [4.78, 5) is 11.7. The number of carbonyl (C=O) groups excluding carboxylic acids is 1. The van der Waals surface area contributed by atoms with Crippen LogP contribution in [-0.4, -0.2) is 12.4 Å². The van der Waals surface area contributed by atoms with E-state index in [-0.39, 0.29) is 24.6 Å². The summed E-state index contributed by atoms with van der Waals surface area (Å²) in [5.41, 5.74) is 0.362. The molecule has 0 radical (unpaired) electrons. The van der Waals surface area contributed by atoms with E-state index in [4.69, 9.17) is 4.74 Å². The van der Waals surface area contributed by atoms with E-state index in [0.29, 0.717) is 5.56 Å². The summed E-state index contributed by atoms with van der Waals surface area (Å²) < 4.78 is 43.6. The summed E-state index contributed by atoms with van der Waals surface area (Å²) >= 11 is 0. The van der Waals surface area contributed by atoms with Gasteiger partial charge in [-0.1, -0.05) is 0 Å². The van der Waals surface area contributed by atoms with Gasteiger partial charge in [0.25, 0.3) is 0 Å². The molecule has 0 fully saturated rings. The van der Waals surface area contributed by atoms with Gasteiger partial charge in [0.15, 0.2) is 5.78 Å². The van der Waals surface area contributed by atoms with E-state index < -0.39 is 17.5 Å². The van der Waals surface area contributed by atoms with Gasteiger partial charge >= 0.3 is 0 Å². The third-order valence-electron chi connectivity index (χ3n) is 2.60. The van der Waals surface area contributed by atoms with Crippen LogP contribution in [-0.2, 0) is 0 Å². The van der Waals surface area contributed by atoms with Crippen molar-refractivity contribution in [3.05, 3.63) is 65.5 Å². The first-order chi connectivity index (χ1) is 9.54. The van der Waals surface area contributed by atoms with Gasteiger partial charge in [-0.2, -0.15) is 0 Å². The molecule has 0 saturated heterocycles. The van der Waals surface area contributed by atoms with Crippen molar-refractivity contribution in [2.75, 3.05) is 6.61 Å². The lowest BCUT2D eigenvalue weighted by Crippen LogP contribution is -2.07. The van der Waals surface area contributed by atoms with Crippen molar-refractivity contribution in [1.29, 1.82) is 0 Å². The molecule has 0 N–H and O–H groups in total. The number of halogens is 3. The summed E-state index contributed by atoms with van der Waals surface area (Å²) in [6.45, 7) is -0.0148. The number of ketones is 1. The molecule has 0 aliphatic heterocycles. The Morgan fingerprint density at radius 3 is 2.10 bits per heavy atom. The average Bonchev–Trinajstić information content (AvgIpc) is 2.38. The van der Waals surface area contributed by atoms with Gasteiger partial charge in [-0.3, -0.25) is 4.79 Å². The number of rotatable bonds is 5. The number of carbonyl (C=O) groups is 1. The van der Waals surface area contributed by atoms with Crippen molar-refractivity contribution >= 4 is 5.78 Å². The average molecular weight is 280 g/mol. The van der Waals surface area contributed by atoms with Crippen molar-refractivity contribution in [2.45, 2.75) is 6.42 Å². The van der Waals surface area contributed by atoms with Crippen LogP contribution in [0.2, 0.25) is 0 Å². The zero-order valence-electron chi connectivity index (χ0n) is 10.4. The van der Waals surface area contributed by atoms with Crippen LogP contribution in [0.1, 0.15) is 16.8 Å². The molecule has 2 rings (SSSR count). The molecule has 2 aromatic carbocycles. The van der Waals surface area contributed by atoms with Gasteiger partial charge in [-0.15, -0.1) is 0 Å². The van der Waals surface area contributed by atoms with Crippen LogP contribution in [0.25, 0.3) is 0 Å². The highest BCUT2D eigenvalue weighted by Crippen LogP contribution is 2.16. The number of hydrogen-bond acceptors (Lipinski definition) is 2. The quantitative estimate of drug-likeness (QED) is 0.780. The van der Waals surface area contributed by atoms with Gasteiger partial charge in [0, 0.05) is 30.2 Å². The zero-order valence-corrected chi connectivity index (χ0v) is 10.4. The Labute approximate surface area is 113 Å². The van der Waals surface area contributed by atoms with Gasteiger partial charge in [0.05, 0.1) is 6.61 Å². The van der Waals surface area contributed by atoms with Crippen LogP contribution in [0.5, 0.6) is 5.75 Å². The molecule has 0 aliphatic rings. The Bertz CT molecular complexity index is 589. The van der Waals surface area contributed by atoms with E-state index in [1.54, 1.807) is 0 Å². The minimum Gasteiger partial charge on any atom is -0.493 e. The zero-order chi connectivity index (χ0) is 14.5. The SMILES string of the molecule is O=C(CCOc1cc(F)cc(F)c1)c1ccc(F)cc1. The maximum Gasteiger partial charge on any atom is 0.166 e. The van der Waals surface area contributed by atoms with Crippen LogP contribution in [0.15, 0.2) is 42.5 Å². The maximum absolute atomic E-state index is 12.9. The number of ether oxygens (including phenoxy) is 1. The normalized spacial score (nSPS) is 10.3. The Balaban J connectivity index is 1.89. The first-order valence-corrected chi connectivity index (χ1v) is 5.92. The van der Waals surface area contributed by atoms with Crippen LogP contribution in [0.3, 0.4) is 0 Å². The number of benzene rings is 2. The summed E-state index contributed by atoms with van der Waals surface area (Å²) in [6.07, 6.45) is 0.0315. The molecule has 0 aliphatic carbocycles. The first-order valence-electron chi connectivity index (χ1n) is 5.92. The molecule has 0 bridgehead atoms. The maximum atomic E-state index is 12.9. The van der Waals surface area contributed by atoms with Gasteiger partial charge in [0.1, 0.15) is 23.2 Å². The molecule has 0 saturated carbocycles. The molecule has 2 nitrogen and oxygen atoms in total. The lowest BCUT2D eigenvalue weighted by Gasteiger charge is -2.06. The number of Topliss-reactive ketones (excluding diaryl/α,β-unsaturated/α-hetero) is 1. The highest BCUT2D eigenvalue weighted by molar-refractivity contribution is 5.96. The lowest BCUT2D eigenvalue weighted by atomic mass is 10.1. The third kappa shape index (κ3) is 3.85. The van der Waals surface area contributed by atoms with E-state index in [1.165, 1.54) is 24.3 Å². The van der Waals surface area contributed by atoms with E-state index in [1.807, 2.05) is 0 Å². The second-order valence-electron chi connectivity index (χ2n) is 4.13. The monoisotopic (exact) mass is 280 g/mol. The van der Waals surface area contributed by atoms with Gasteiger partial charge in [-0.25, -0.2) is 13.2 Å². The highest BCUT2D eigenvalue weighted by atomic mass is 19.1. The van der Waals surface area contributed by atoms with Crippen LogP contribution < -0.4 is 4.74 Å². The van der Waals surface area contributed by atoms with Crippen LogP contribution in [0.4, 0.5) is 13.2 Å². The molecule has 0 aromatic heterocycles. The molecule has 104 valence electrons. The Hall–Kier alpha value is -2.30. The number of hydrogen-bond donors (Lipinski definition) is 0. The molecule has 20 heavy (non-hydrogen) atoms. The van der Waals surface area contributed by atoms with Crippen molar-refractivity contribution < 1.29 is 22.7 Å². The standard InChI is InChI=1S/C15H11F3O2/c16-11-3-1-10(2-4-11)15(19)5-6-20-14-8-12(17)7-13(18)9-14/h1-4,7-9H,5-6H2. The lowest BCUT2D eigenvalue weighted by molar-refractivity contribution is 0.0962. The van der Waals surface area contributed by atoms with Crippen molar-refractivity contribution in [2.24, 2.45) is 0 Å². The summed E-state index contributed by atoms with van der Waals surface area (Å²) in [5.74, 6) is -2.13. The largest absolute Gasteiger partial charge is 0.493 e. The van der Waals surface area contributed by atoms with Crippen molar-refractivity contribution in [3.8, 4) is 5.75 Å². The van der Waals surface area contributed by atoms with Crippen LogP contribution in [0, 0.1) is 17.5 Å². The van der Waals surface area contributed by atoms with Crippen LogP contribution >= 0.6 is 0 Å². The molecule has 0 spiro atoms. The fourth-order valence-electron chi connectivity index (χ4n) is 1.65. The van der Waals surface area contributed by atoms with Crippen molar-refractivity contribution in [3.63, 3.8) is 0 Å². The molecule has 0 unspecified atom stereocenters. The summed E-state index contributed by atoms with van der Waals surface area (Å²) in [7, 11) is 0. The predicted molar refractivity (Wildman–Crippen MR) is 67.2 cm³/mol. The second kappa shape index (κ2) is 6.23. The Kier molecular flexibility index (Phi) is 4.40. The second-order valence-corrected chi connectivity index (χ2v) is 4.13. The molecular weight excluding hydrogens is 269 g/mol. The van der Waals surface area contributed by atoms with Gasteiger partial charge in [-0.05, 0) is 24.3 Å². The molecule has 5 heteroatoms. The predicted octanol–water partition coefficient (Wildman–Crippen LogP) is 3.76. The molecule has 0 heterocycles. The highest BCUT2D eigenvalue weighted by Gasteiger charge is 2.07. The van der Waals surface area contributed by atoms with E-state index in [2.05, 4.69) is 0 Å². The van der Waals surface area contributed by atoms with E-state index >= 15 is 0 Å². The summed E-state index contributed by atoms with van der Waals surface area (Å²) in [5, 5.41) is 0. The third-order valence-corrected chi connectivity index (χ3v) is 2.60. The van der Waals surface area contributed by atoms with E-state index in [0.717, 1.165) is 18.2 Å². The minimum atomic E-state index is -0.745. The molecule has 2 aromatic rings. The minimum absolute atomic E-state index is 0.0148. The van der Waals surface area contributed by atoms with Crippen molar-refractivity contribution in [1.82, 2.24) is 0 Å². The van der Waals surface area contributed by atoms with E-state index in [9.17, 15) is 18.0 Å².